The van der Waals surface area contributed by atoms with Crippen molar-refractivity contribution < 1.29 is 9.53 Å². The number of rotatable bonds is 3. The molecule has 0 aliphatic rings. The highest BCUT2D eigenvalue weighted by Gasteiger charge is 2.11. The zero-order valence-corrected chi connectivity index (χ0v) is 11.2. The maximum absolute atomic E-state index is 11.3. The lowest BCUT2D eigenvalue weighted by Gasteiger charge is -2.13. The number of carbonyl (C=O) groups excluding carboxylic acids is 1. The molecule has 3 heteroatoms. The molecular formula is C15H17NO2. The maximum atomic E-state index is 11.3. The number of hydrogen-bond acceptors (Lipinski definition) is 3. The number of carbonyl (C=O) groups is 1. The van der Waals surface area contributed by atoms with Gasteiger partial charge in [0.05, 0.1) is 18.7 Å². The van der Waals surface area contributed by atoms with Crippen LogP contribution in [-0.2, 0) is 4.74 Å². The molecule has 1 rings (SSSR count). The van der Waals surface area contributed by atoms with Gasteiger partial charge in [-0.25, -0.2) is 4.79 Å². The standard InChI is InChI=1S/C15H17NO2/c1-10(2)14(11(3)9-16)12-5-7-13(8-6-12)15(17)18-4/h5-8,10H,1-4H3/b14-11-. The fraction of sp³-hybridized carbons (Fsp3) is 0.333. The van der Waals surface area contributed by atoms with E-state index in [9.17, 15) is 4.79 Å². The van der Waals surface area contributed by atoms with Crippen molar-refractivity contribution in [3.63, 3.8) is 0 Å². The van der Waals surface area contributed by atoms with Gasteiger partial charge < -0.3 is 4.74 Å². The van der Waals surface area contributed by atoms with Gasteiger partial charge in [0.25, 0.3) is 0 Å². The van der Waals surface area contributed by atoms with E-state index in [4.69, 9.17) is 5.26 Å². The number of methoxy groups -OCH3 is 1. The molecule has 0 saturated carbocycles. The minimum absolute atomic E-state index is 0.258. The Kier molecular flexibility index (Phi) is 4.67. The third-order valence-corrected chi connectivity index (χ3v) is 2.77. The molecule has 0 radical (unpaired) electrons. The van der Waals surface area contributed by atoms with Crippen LogP contribution in [0.25, 0.3) is 5.57 Å². The fourth-order valence-electron chi connectivity index (χ4n) is 1.95. The second-order valence-corrected chi connectivity index (χ2v) is 4.37. The van der Waals surface area contributed by atoms with Gasteiger partial charge in [-0.15, -0.1) is 0 Å². The van der Waals surface area contributed by atoms with Crippen LogP contribution in [-0.4, -0.2) is 13.1 Å². The first-order valence-electron chi connectivity index (χ1n) is 5.80. The lowest BCUT2D eigenvalue weighted by molar-refractivity contribution is 0.0600. The summed E-state index contributed by atoms with van der Waals surface area (Å²) in [5.41, 5.74) is 3.19. The van der Waals surface area contributed by atoms with E-state index in [-0.39, 0.29) is 11.9 Å². The Morgan fingerprint density at radius 3 is 2.11 bits per heavy atom. The summed E-state index contributed by atoms with van der Waals surface area (Å²) in [6.45, 7) is 5.90. The Balaban J connectivity index is 3.19. The van der Waals surface area contributed by atoms with Crippen molar-refractivity contribution in [1.29, 1.82) is 5.26 Å². The van der Waals surface area contributed by atoms with E-state index in [1.165, 1.54) is 7.11 Å². The van der Waals surface area contributed by atoms with Crippen LogP contribution in [0.5, 0.6) is 0 Å². The number of hydrogen-bond donors (Lipinski definition) is 0. The molecule has 0 amide bonds. The zero-order valence-electron chi connectivity index (χ0n) is 11.2. The first-order chi connectivity index (χ1) is 8.51. The van der Waals surface area contributed by atoms with Crippen LogP contribution in [0.15, 0.2) is 29.8 Å². The third kappa shape index (κ3) is 2.98. The predicted octanol–water partition coefficient (Wildman–Crippen LogP) is 3.43. The molecule has 1 aromatic rings. The summed E-state index contributed by atoms with van der Waals surface area (Å²) < 4.78 is 4.65. The zero-order chi connectivity index (χ0) is 13.7. The minimum Gasteiger partial charge on any atom is -0.465 e. The number of nitriles is 1. The minimum atomic E-state index is -0.353. The van der Waals surface area contributed by atoms with E-state index < -0.39 is 0 Å². The molecule has 0 atom stereocenters. The number of allylic oxidation sites excluding steroid dienone is 2. The van der Waals surface area contributed by atoms with Crippen molar-refractivity contribution in [2.45, 2.75) is 20.8 Å². The van der Waals surface area contributed by atoms with E-state index in [2.05, 4.69) is 10.8 Å². The Bertz CT molecular complexity index is 504. The molecule has 0 aliphatic carbocycles. The highest BCUT2D eigenvalue weighted by molar-refractivity contribution is 5.89. The van der Waals surface area contributed by atoms with Crippen LogP contribution in [0.1, 0.15) is 36.7 Å². The van der Waals surface area contributed by atoms with Gasteiger partial charge in [0.15, 0.2) is 0 Å². The second-order valence-electron chi connectivity index (χ2n) is 4.37. The van der Waals surface area contributed by atoms with Crippen molar-refractivity contribution in [2.75, 3.05) is 7.11 Å². The van der Waals surface area contributed by atoms with Gasteiger partial charge in [-0.1, -0.05) is 26.0 Å². The topological polar surface area (TPSA) is 50.1 Å². The quantitative estimate of drug-likeness (QED) is 0.603. The van der Waals surface area contributed by atoms with E-state index in [1.54, 1.807) is 12.1 Å². The molecule has 0 bridgehead atoms. The number of ether oxygens (including phenoxy) is 1. The summed E-state index contributed by atoms with van der Waals surface area (Å²) in [5, 5.41) is 9.01. The fourth-order valence-corrected chi connectivity index (χ4v) is 1.95. The van der Waals surface area contributed by atoms with Crippen molar-refractivity contribution >= 4 is 11.5 Å². The van der Waals surface area contributed by atoms with Crippen molar-refractivity contribution in [1.82, 2.24) is 0 Å². The van der Waals surface area contributed by atoms with Gasteiger partial charge in [-0.2, -0.15) is 5.26 Å². The average Bonchev–Trinajstić information content (AvgIpc) is 2.38. The van der Waals surface area contributed by atoms with E-state index in [0.717, 1.165) is 11.1 Å². The molecule has 0 aromatic heterocycles. The van der Waals surface area contributed by atoms with Crippen molar-refractivity contribution in [2.24, 2.45) is 5.92 Å². The molecule has 0 unspecified atom stereocenters. The Labute approximate surface area is 108 Å². The normalized spacial score (nSPS) is 11.8. The van der Waals surface area contributed by atoms with Crippen LogP contribution >= 0.6 is 0 Å². The largest absolute Gasteiger partial charge is 0.465 e. The van der Waals surface area contributed by atoms with E-state index in [0.29, 0.717) is 11.1 Å². The van der Waals surface area contributed by atoms with Gasteiger partial charge in [-0.05, 0) is 36.1 Å². The molecule has 0 heterocycles. The number of esters is 1. The monoisotopic (exact) mass is 243 g/mol. The predicted molar refractivity (Wildman–Crippen MR) is 70.8 cm³/mol. The van der Waals surface area contributed by atoms with E-state index >= 15 is 0 Å². The lowest BCUT2D eigenvalue weighted by Crippen LogP contribution is -2.02. The molecule has 0 fully saturated rings. The maximum Gasteiger partial charge on any atom is 0.337 e. The van der Waals surface area contributed by atoms with Crippen LogP contribution < -0.4 is 0 Å². The molecule has 0 spiro atoms. The van der Waals surface area contributed by atoms with Crippen LogP contribution in [0, 0.1) is 17.2 Å². The molecule has 94 valence electrons. The van der Waals surface area contributed by atoms with Gasteiger partial charge in [0.2, 0.25) is 0 Å². The first-order valence-corrected chi connectivity index (χ1v) is 5.80. The summed E-state index contributed by atoms with van der Waals surface area (Å²) in [6.07, 6.45) is 0. The number of nitrogens with zero attached hydrogens (tertiary/aromatic N) is 1. The smallest absolute Gasteiger partial charge is 0.337 e. The molecule has 0 saturated heterocycles. The van der Waals surface area contributed by atoms with Gasteiger partial charge in [0, 0.05) is 5.57 Å². The highest BCUT2D eigenvalue weighted by Crippen LogP contribution is 2.26. The van der Waals surface area contributed by atoms with Crippen molar-refractivity contribution in [3.05, 3.63) is 41.0 Å². The summed E-state index contributed by atoms with van der Waals surface area (Å²) >= 11 is 0. The van der Waals surface area contributed by atoms with E-state index in [1.807, 2.05) is 32.9 Å². The number of benzene rings is 1. The Morgan fingerprint density at radius 2 is 1.72 bits per heavy atom. The second kappa shape index (κ2) is 6.02. The van der Waals surface area contributed by atoms with Gasteiger partial charge in [-0.3, -0.25) is 0 Å². The summed E-state index contributed by atoms with van der Waals surface area (Å²) in [6, 6.07) is 9.31. The molecule has 0 N–H and O–H groups in total. The van der Waals surface area contributed by atoms with Crippen molar-refractivity contribution in [3.8, 4) is 6.07 Å². The molecule has 1 aromatic carbocycles. The molecular weight excluding hydrogens is 226 g/mol. The SMILES string of the molecule is COC(=O)c1ccc(/C(=C(/C)C#N)C(C)C)cc1. The van der Waals surface area contributed by atoms with Crippen LogP contribution in [0.3, 0.4) is 0 Å². The first kappa shape index (κ1) is 14.0. The highest BCUT2D eigenvalue weighted by atomic mass is 16.5. The lowest BCUT2D eigenvalue weighted by atomic mass is 9.91. The molecule has 0 aliphatic heterocycles. The average molecular weight is 243 g/mol. The summed E-state index contributed by atoms with van der Waals surface area (Å²) in [4.78, 5) is 11.3. The third-order valence-electron chi connectivity index (χ3n) is 2.77. The Morgan fingerprint density at radius 1 is 1.22 bits per heavy atom. The molecule has 18 heavy (non-hydrogen) atoms. The van der Waals surface area contributed by atoms with Gasteiger partial charge >= 0.3 is 5.97 Å². The Hall–Kier alpha value is -2.08. The van der Waals surface area contributed by atoms with Gasteiger partial charge in [0.1, 0.15) is 0 Å². The van der Waals surface area contributed by atoms with Crippen LogP contribution in [0.4, 0.5) is 0 Å². The molecule has 3 nitrogen and oxygen atoms in total. The summed E-state index contributed by atoms with van der Waals surface area (Å²) in [7, 11) is 1.36. The van der Waals surface area contributed by atoms with Crippen LogP contribution in [0.2, 0.25) is 0 Å². The summed E-state index contributed by atoms with van der Waals surface area (Å²) in [5.74, 6) is -0.0951.